The second-order valence-electron chi connectivity index (χ2n) is 10.5. The second kappa shape index (κ2) is 8.84. The number of pyridine rings is 2. The summed E-state index contributed by atoms with van der Waals surface area (Å²) in [6.07, 6.45) is 5.99. The number of alkyl halides is 1. The van der Waals surface area contributed by atoms with E-state index in [1.165, 1.54) is 33.2 Å². The lowest BCUT2D eigenvalue weighted by atomic mass is 9.79. The summed E-state index contributed by atoms with van der Waals surface area (Å²) in [7, 11) is -2.06. The molecule has 5 nitrogen and oxygen atoms in total. The minimum absolute atomic E-state index is 0.0435. The first-order valence-electron chi connectivity index (χ1n) is 12.5. The highest BCUT2D eigenvalue weighted by Gasteiger charge is 2.27. The number of hydrogen-bond donors (Lipinski definition) is 0. The Morgan fingerprint density at radius 3 is 2.39 bits per heavy atom. The Labute approximate surface area is 213 Å². The second-order valence-corrected chi connectivity index (χ2v) is 12.7. The molecular weight excluding hydrogens is 472 g/mol. The van der Waals surface area contributed by atoms with Crippen LogP contribution in [0.3, 0.4) is 0 Å². The summed E-state index contributed by atoms with van der Waals surface area (Å²) in [5.41, 5.74) is 4.22. The summed E-state index contributed by atoms with van der Waals surface area (Å²) in [4.78, 5) is 9.53. The molecule has 1 aromatic heterocycles. The molecule has 3 heterocycles. The molecule has 0 spiro atoms. The largest absolute Gasteiger partial charge is 0.343 e. The average molecular weight is 503 g/mol. The van der Waals surface area contributed by atoms with E-state index in [-0.39, 0.29) is 16.7 Å². The van der Waals surface area contributed by atoms with Crippen molar-refractivity contribution in [2.24, 2.45) is 0 Å². The van der Waals surface area contributed by atoms with Gasteiger partial charge in [0, 0.05) is 24.0 Å². The van der Waals surface area contributed by atoms with E-state index in [0.29, 0.717) is 28.6 Å². The Kier molecular flexibility index (Phi) is 6.06. The lowest BCUT2D eigenvalue weighted by Gasteiger charge is -2.22. The highest BCUT2D eigenvalue weighted by atomic mass is 32.2. The van der Waals surface area contributed by atoms with Gasteiger partial charge in [-0.25, -0.2) is 17.8 Å². The molecule has 186 valence electrons. The van der Waals surface area contributed by atoms with Crippen molar-refractivity contribution >= 4 is 17.7 Å². The van der Waals surface area contributed by atoms with Crippen LogP contribution in [0.25, 0.3) is 33.9 Å². The van der Waals surface area contributed by atoms with E-state index in [0.717, 1.165) is 16.8 Å². The highest BCUT2D eigenvalue weighted by Crippen LogP contribution is 2.41. The van der Waals surface area contributed by atoms with Crippen LogP contribution in [0.5, 0.6) is 0 Å². The zero-order valence-corrected chi connectivity index (χ0v) is 22.2. The zero-order chi connectivity index (χ0) is 25.8. The number of nitrogens with zero attached hydrogens (tertiary/aromatic N) is 3. The van der Waals surface area contributed by atoms with Crippen molar-refractivity contribution in [3.05, 3.63) is 66.0 Å². The smallest absolute Gasteiger partial charge is 0.180 e. The summed E-state index contributed by atoms with van der Waals surface area (Å²) in [5, 5.41) is 0. The van der Waals surface area contributed by atoms with E-state index >= 15 is 0 Å². The normalized spacial score (nSPS) is 15.9. The molecule has 0 bridgehead atoms. The average Bonchev–Trinajstić information content (AvgIpc) is 3.60. The van der Waals surface area contributed by atoms with Crippen molar-refractivity contribution in [1.82, 2.24) is 14.5 Å². The first-order valence-corrected chi connectivity index (χ1v) is 14.2. The maximum absolute atomic E-state index is 14.8. The number of sulfone groups is 1. The van der Waals surface area contributed by atoms with Crippen molar-refractivity contribution in [3.63, 3.8) is 0 Å². The summed E-state index contributed by atoms with van der Waals surface area (Å²) >= 11 is 0. The van der Waals surface area contributed by atoms with Gasteiger partial charge >= 0.3 is 0 Å². The number of aromatic nitrogens is 3. The van der Waals surface area contributed by atoms with E-state index < -0.39 is 15.4 Å². The van der Waals surface area contributed by atoms with Crippen LogP contribution >= 0.6 is 0 Å². The predicted molar refractivity (Wildman–Crippen MR) is 145 cm³/mol. The lowest BCUT2D eigenvalue weighted by Crippen LogP contribution is -2.18. The molecule has 8 heteroatoms. The first-order chi connectivity index (χ1) is 17.0. The highest BCUT2D eigenvalue weighted by molar-refractivity contribution is 7.91. The van der Waals surface area contributed by atoms with Crippen molar-refractivity contribution < 1.29 is 12.8 Å². The predicted octanol–water partition coefficient (Wildman–Crippen LogP) is 5.74. The molecule has 0 N–H and O–H groups in total. The Morgan fingerprint density at radius 2 is 1.81 bits per heavy atom. The van der Waals surface area contributed by atoms with Crippen molar-refractivity contribution in [2.45, 2.75) is 63.0 Å². The number of hydrogen-bond acceptors (Lipinski definition) is 4. The monoisotopic (exact) mass is 503 g/mol. The van der Waals surface area contributed by atoms with E-state index in [1.807, 2.05) is 42.8 Å². The summed E-state index contributed by atoms with van der Waals surface area (Å²) in [6.45, 7) is 7.20. The molecular formula is C28H31BFN3O2S. The van der Waals surface area contributed by atoms with E-state index in [1.54, 1.807) is 25.3 Å². The van der Waals surface area contributed by atoms with Crippen LogP contribution < -0.4 is 0 Å². The molecule has 1 aromatic carbocycles. The molecule has 1 aliphatic carbocycles. The Balaban J connectivity index is 1.66. The number of fused-ring (bicyclic) bond motifs is 1. The Hall–Kier alpha value is -3.00. The number of rotatable bonds is 7. The van der Waals surface area contributed by atoms with E-state index in [4.69, 9.17) is 4.98 Å². The molecule has 0 radical (unpaired) electrons. The molecule has 1 atom stereocenters. The third-order valence-electron chi connectivity index (χ3n) is 6.97. The summed E-state index contributed by atoms with van der Waals surface area (Å²) < 4.78 is 43.2. The van der Waals surface area contributed by atoms with Gasteiger partial charge in [-0.2, -0.15) is 0 Å². The van der Waals surface area contributed by atoms with Crippen LogP contribution in [-0.2, 0) is 15.4 Å². The van der Waals surface area contributed by atoms with E-state index in [9.17, 15) is 12.8 Å². The van der Waals surface area contributed by atoms with Gasteiger partial charge in [-0.05, 0) is 74.4 Å². The fourth-order valence-corrected chi connectivity index (χ4v) is 5.63. The third-order valence-corrected chi connectivity index (χ3v) is 8.71. The first kappa shape index (κ1) is 24.7. The zero-order valence-electron chi connectivity index (χ0n) is 21.4. The van der Waals surface area contributed by atoms with Gasteiger partial charge in [0.25, 0.3) is 0 Å². The number of benzene rings is 1. The van der Waals surface area contributed by atoms with Crippen molar-refractivity contribution in [2.75, 3.05) is 5.75 Å². The fraction of sp³-hybridized carbons (Fsp3) is 0.357. The van der Waals surface area contributed by atoms with Gasteiger partial charge in [0.15, 0.2) is 17.7 Å². The van der Waals surface area contributed by atoms with Gasteiger partial charge in [-0.15, -0.1) is 0 Å². The van der Waals surface area contributed by atoms with Crippen LogP contribution in [0, 0.1) is 0 Å². The molecule has 2 aromatic rings. The van der Waals surface area contributed by atoms with Crippen LogP contribution in [-0.4, -0.2) is 36.6 Å². The Bertz CT molecular complexity index is 1500. The van der Waals surface area contributed by atoms with Gasteiger partial charge in [-0.3, -0.25) is 4.98 Å². The molecule has 1 unspecified atom stereocenters. The molecule has 1 saturated carbocycles. The summed E-state index contributed by atoms with van der Waals surface area (Å²) in [6, 6.07) is 13.7. The molecule has 0 amide bonds. The molecule has 36 heavy (non-hydrogen) atoms. The SMILES string of the molecule is BC(C)(F)c1cc2nc(-c3ncc(-c4ccc(C5CC5)cc4)cc3S(=O)(=O)CC)cc-2n(C(C)C)c1. The van der Waals surface area contributed by atoms with Gasteiger partial charge in [-0.1, -0.05) is 31.2 Å². The molecule has 3 aliphatic rings. The topological polar surface area (TPSA) is 64.8 Å². The van der Waals surface area contributed by atoms with Gasteiger partial charge in [0.05, 0.1) is 33.3 Å². The Morgan fingerprint density at radius 1 is 1.11 bits per heavy atom. The van der Waals surface area contributed by atoms with Gasteiger partial charge < -0.3 is 4.57 Å². The molecule has 0 saturated heterocycles. The van der Waals surface area contributed by atoms with Gasteiger partial charge in [0.2, 0.25) is 0 Å². The van der Waals surface area contributed by atoms with E-state index in [2.05, 4.69) is 17.1 Å². The standard InChI is InChI=1S/C28H31BFN3O2S/c1-5-36(34,35)26-12-21(20-10-8-19(9-11-20)18-6-7-18)15-31-27(26)24-14-25-23(32-24)13-22(28(4,29)30)16-33(25)17(2)3/h8-18H,5-7,29H2,1-4H3. The fourth-order valence-electron chi connectivity index (χ4n) is 4.57. The van der Waals surface area contributed by atoms with Crippen LogP contribution in [0.15, 0.2) is 59.8 Å². The number of halogens is 1. The minimum atomic E-state index is -3.58. The van der Waals surface area contributed by atoms with Crippen LogP contribution in [0.4, 0.5) is 4.39 Å². The molecule has 1 fully saturated rings. The maximum atomic E-state index is 14.8. The minimum Gasteiger partial charge on any atom is -0.343 e. The van der Waals surface area contributed by atoms with Crippen molar-refractivity contribution in [3.8, 4) is 33.9 Å². The maximum Gasteiger partial charge on any atom is 0.180 e. The lowest BCUT2D eigenvalue weighted by molar-refractivity contribution is 0.310. The van der Waals surface area contributed by atoms with Crippen molar-refractivity contribution in [1.29, 1.82) is 0 Å². The molecule has 5 rings (SSSR count). The van der Waals surface area contributed by atoms with Crippen LogP contribution in [0.1, 0.15) is 63.6 Å². The van der Waals surface area contributed by atoms with Crippen LogP contribution in [0.2, 0.25) is 0 Å². The quantitative estimate of drug-likeness (QED) is 0.302. The summed E-state index contributed by atoms with van der Waals surface area (Å²) in [5.74, 6) is 0.614. The van der Waals surface area contributed by atoms with Gasteiger partial charge in [0.1, 0.15) is 5.69 Å². The third kappa shape index (κ3) is 4.59. The molecule has 2 aliphatic heterocycles.